The number of imide groups is 1. The lowest BCUT2D eigenvalue weighted by Crippen LogP contribution is -2.29. The van der Waals surface area contributed by atoms with Crippen LogP contribution in [0.3, 0.4) is 0 Å². The molecule has 0 radical (unpaired) electrons. The Balaban J connectivity index is 1.25. The fourth-order valence-corrected chi connectivity index (χ4v) is 3.98. The minimum Gasteiger partial charge on any atom is -0.467 e. The summed E-state index contributed by atoms with van der Waals surface area (Å²) in [5.74, 6) is -1.38. The van der Waals surface area contributed by atoms with Crippen LogP contribution >= 0.6 is 0 Å². The molecule has 0 bridgehead atoms. The average molecular weight is 517 g/mol. The third-order valence-corrected chi connectivity index (χ3v) is 5.90. The summed E-state index contributed by atoms with van der Waals surface area (Å²) in [6.07, 6.45) is 2.90. The number of furan rings is 1. The zero-order valence-corrected chi connectivity index (χ0v) is 20.3. The summed E-state index contributed by atoms with van der Waals surface area (Å²) in [5, 5.41) is 12.0. The molecule has 9 heteroatoms. The summed E-state index contributed by atoms with van der Waals surface area (Å²) < 4.78 is 10.6. The van der Waals surface area contributed by atoms with Crippen molar-refractivity contribution in [3.8, 4) is 11.8 Å². The fraction of sp³-hybridized carbons (Fsp3) is 0.0333. The Kier molecular flexibility index (Phi) is 6.84. The molecule has 0 saturated heterocycles. The van der Waals surface area contributed by atoms with Crippen molar-refractivity contribution in [2.24, 2.45) is 0 Å². The van der Waals surface area contributed by atoms with Crippen molar-refractivity contribution in [2.75, 3.05) is 4.90 Å². The molecule has 1 aromatic heterocycles. The number of fused-ring (bicyclic) bond motifs is 1. The summed E-state index contributed by atoms with van der Waals surface area (Å²) in [6.45, 7) is 0.147. The molecule has 0 spiro atoms. The summed E-state index contributed by atoms with van der Waals surface area (Å²) in [7, 11) is 0. The van der Waals surface area contributed by atoms with Gasteiger partial charge in [-0.1, -0.05) is 30.3 Å². The zero-order chi connectivity index (χ0) is 27.4. The lowest BCUT2D eigenvalue weighted by Gasteiger charge is -2.14. The van der Waals surface area contributed by atoms with Gasteiger partial charge in [-0.05, 0) is 66.2 Å². The maximum atomic E-state index is 12.8. The van der Waals surface area contributed by atoms with Crippen molar-refractivity contribution in [3.63, 3.8) is 0 Å². The van der Waals surface area contributed by atoms with Crippen LogP contribution in [-0.2, 0) is 11.3 Å². The number of anilines is 1. The number of nitrogens with zero attached hydrogens (tertiary/aromatic N) is 2. The third-order valence-electron chi connectivity index (χ3n) is 5.90. The van der Waals surface area contributed by atoms with Crippen LogP contribution in [0.25, 0.3) is 6.08 Å². The average Bonchev–Trinajstić information content (AvgIpc) is 3.57. The van der Waals surface area contributed by atoms with Crippen molar-refractivity contribution >= 4 is 35.5 Å². The van der Waals surface area contributed by atoms with E-state index in [9.17, 15) is 24.4 Å². The highest BCUT2D eigenvalue weighted by Crippen LogP contribution is 2.29. The Hall–Kier alpha value is -5.75. The molecule has 1 aliphatic rings. The van der Waals surface area contributed by atoms with Gasteiger partial charge in [-0.2, -0.15) is 5.26 Å². The number of benzene rings is 3. The van der Waals surface area contributed by atoms with E-state index in [0.717, 1.165) is 4.90 Å². The minimum atomic E-state index is -0.688. The molecule has 3 amide bonds. The van der Waals surface area contributed by atoms with Crippen LogP contribution in [-0.4, -0.2) is 23.7 Å². The van der Waals surface area contributed by atoms with E-state index < -0.39 is 23.7 Å². The maximum Gasteiger partial charge on any atom is 0.343 e. The molecule has 0 saturated carbocycles. The van der Waals surface area contributed by atoms with Gasteiger partial charge in [0, 0.05) is 0 Å². The number of ether oxygens (including phenoxy) is 1. The Morgan fingerprint density at radius 3 is 2.28 bits per heavy atom. The first-order valence-electron chi connectivity index (χ1n) is 11.8. The van der Waals surface area contributed by atoms with Gasteiger partial charge in [0.05, 0.1) is 35.2 Å². The van der Waals surface area contributed by atoms with Gasteiger partial charge in [0.25, 0.3) is 17.7 Å². The number of rotatable bonds is 7. The molecule has 190 valence electrons. The molecule has 1 aliphatic heterocycles. The van der Waals surface area contributed by atoms with Gasteiger partial charge in [0.1, 0.15) is 23.2 Å². The Morgan fingerprint density at radius 1 is 0.923 bits per heavy atom. The van der Waals surface area contributed by atoms with E-state index in [4.69, 9.17) is 9.15 Å². The molecule has 3 aromatic carbocycles. The number of carbonyl (C=O) groups excluding carboxylic acids is 4. The number of carbonyl (C=O) groups is 4. The molecular weight excluding hydrogens is 498 g/mol. The van der Waals surface area contributed by atoms with Gasteiger partial charge in [-0.3, -0.25) is 14.4 Å². The minimum absolute atomic E-state index is 0.101. The highest BCUT2D eigenvalue weighted by atomic mass is 16.5. The second kappa shape index (κ2) is 10.7. The number of amides is 3. The number of nitrogens with one attached hydrogen (secondary N) is 1. The van der Waals surface area contributed by atoms with Gasteiger partial charge in [-0.15, -0.1) is 0 Å². The molecule has 2 heterocycles. The second-order valence-electron chi connectivity index (χ2n) is 8.43. The Bertz CT molecular complexity index is 1630. The molecule has 39 heavy (non-hydrogen) atoms. The van der Waals surface area contributed by atoms with Crippen LogP contribution in [0.2, 0.25) is 0 Å². The van der Waals surface area contributed by atoms with Crippen molar-refractivity contribution in [1.29, 1.82) is 5.26 Å². The fourth-order valence-electron chi connectivity index (χ4n) is 3.98. The number of hydrogen-bond donors (Lipinski definition) is 1. The van der Waals surface area contributed by atoms with Gasteiger partial charge < -0.3 is 14.5 Å². The highest BCUT2D eigenvalue weighted by Gasteiger charge is 2.36. The standard InChI is InChI=1S/C30H19N3O6/c31-17-21(27(34)32-18-24-7-4-14-38-24)15-19-10-12-23(13-11-19)39-30(37)20-5-3-6-22(16-20)33-28(35)25-8-1-2-9-26(25)29(33)36/h1-16H,18H2,(H,32,34)/b21-15+. The molecule has 9 nitrogen and oxygen atoms in total. The van der Waals surface area contributed by atoms with E-state index >= 15 is 0 Å². The van der Waals surface area contributed by atoms with E-state index in [-0.39, 0.29) is 29.1 Å². The van der Waals surface area contributed by atoms with E-state index in [1.807, 2.05) is 6.07 Å². The summed E-state index contributed by atoms with van der Waals surface area (Å²) >= 11 is 0. The Labute approximate surface area is 222 Å². The van der Waals surface area contributed by atoms with E-state index in [2.05, 4.69) is 5.32 Å². The van der Waals surface area contributed by atoms with E-state index in [1.165, 1.54) is 36.6 Å². The van der Waals surface area contributed by atoms with E-state index in [1.54, 1.807) is 60.7 Å². The SMILES string of the molecule is N#C/C(=C\c1ccc(OC(=O)c2cccc(N3C(=O)c4ccccc4C3=O)c2)cc1)C(=O)NCc1ccco1. The van der Waals surface area contributed by atoms with Crippen molar-refractivity contribution < 1.29 is 28.3 Å². The van der Waals surface area contributed by atoms with Gasteiger partial charge >= 0.3 is 5.97 Å². The molecule has 0 atom stereocenters. The van der Waals surface area contributed by atoms with Crippen LogP contribution in [0.15, 0.2) is 101 Å². The van der Waals surface area contributed by atoms with E-state index in [0.29, 0.717) is 22.5 Å². The van der Waals surface area contributed by atoms with Gasteiger partial charge in [0.15, 0.2) is 0 Å². The first kappa shape index (κ1) is 24.9. The normalized spacial score (nSPS) is 12.6. The monoisotopic (exact) mass is 517 g/mol. The predicted octanol–water partition coefficient (Wildman–Crippen LogP) is 4.52. The molecule has 0 unspecified atom stereocenters. The second-order valence-corrected chi connectivity index (χ2v) is 8.43. The molecular formula is C30H19N3O6. The summed E-state index contributed by atoms with van der Waals surface area (Å²) in [5.41, 5.74) is 1.46. The van der Waals surface area contributed by atoms with Crippen LogP contribution in [0.5, 0.6) is 5.75 Å². The predicted molar refractivity (Wildman–Crippen MR) is 140 cm³/mol. The highest BCUT2D eigenvalue weighted by molar-refractivity contribution is 6.34. The van der Waals surface area contributed by atoms with Crippen molar-refractivity contribution in [2.45, 2.75) is 6.54 Å². The smallest absolute Gasteiger partial charge is 0.343 e. The molecule has 5 rings (SSSR count). The largest absolute Gasteiger partial charge is 0.467 e. The topological polar surface area (TPSA) is 130 Å². The Morgan fingerprint density at radius 2 is 1.64 bits per heavy atom. The van der Waals surface area contributed by atoms with Gasteiger partial charge in [0.2, 0.25) is 0 Å². The molecule has 0 aliphatic carbocycles. The van der Waals surface area contributed by atoms with Crippen molar-refractivity contribution in [1.82, 2.24) is 5.32 Å². The summed E-state index contributed by atoms with van der Waals surface area (Å²) in [6, 6.07) is 24.1. The molecule has 0 fully saturated rings. The zero-order valence-electron chi connectivity index (χ0n) is 20.3. The number of nitriles is 1. The quantitative estimate of drug-likeness (QED) is 0.125. The van der Waals surface area contributed by atoms with Crippen LogP contribution in [0, 0.1) is 11.3 Å². The van der Waals surface area contributed by atoms with Crippen LogP contribution in [0.4, 0.5) is 5.69 Å². The first-order chi connectivity index (χ1) is 18.9. The van der Waals surface area contributed by atoms with Gasteiger partial charge in [-0.25, -0.2) is 9.69 Å². The summed E-state index contributed by atoms with van der Waals surface area (Å²) in [4.78, 5) is 51.7. The maximum absolute atomic E-state index is 12.8. The number of esters is 1. The molecule has 4 aromatic rings. The third kappa shape index (κ3) is 5.21. The van der Waals surface area contributed by atoms with Crippen LogP contribution in [0.1, 0.15) is 42.4 Å². The number of hydrogen-bond acceptors (Lipinski definition) is 7. The first-order valence-corrected chi connectivity index (χ1v) is 11.8. The molecule has 1 N–H and O–H groups in total. The van der Waals surface area contributed by atoms with Crippen molar-refractivity contribution in [3.05, 3.63) is 125 Å². The van der Waals surface area contributed by atoms with Crippen LogP contribution < -0.4 is 15.0 Å². The lowest BCUT2D eigenvalue weighted by atomic mass is 10.1. The lowest BCUT2D eigenvalue weighted by molar-refractivity contribution is -0.117.